The molecule has 0 bridgehead atoms. The average Bonchev–Trinajstić information content (AvgIpc) is 3.19. The van der Waals surface area contributed by atoms with Crippen molar-refractivity contribution in [3.05, 3.63) is 18.2 Å². The van der Waals surface area contributed by atoms with E-state index in [1.807, 2.05) is 0 Å². The summed E-state index contributed by atoms with van der Waals surface area (Å²) >= 11 is 0. The SMILES string of the molecule is COc1ccc(N2C(=O)C(C)CS2(=O)=O)cc1S(=O)(=O)NCC1CCCO1. The largest absolute Gasteiger partial charge is 0.495 e. The molecule has 1 amide bonds. The van der Waals surface area contributed by atoms with E-state index in [2.05, 4.69) is 4.72 Å². The van der Waals surface area contributed by atoms with E-state index >= 15 is 0 Å². The zero-order valence-corrected chi connectivity index (χ0v) is 16.7. The van der Waals surface area contributed by atoms with Gasteiger partial charge >= 0.3 is 0 Å². The lowest BCUT2D eigenvalue weighted by Gasteiger charge is -2.18. The number of carbonyl (C=O) groups excluding carboxylic acids is 1. The lowest BCUT2D eigenvalue weighted by molar-refractivity contribution is -0.119. The van der Waals surface area contributed by atoms with Gasteiger partial charge in [0.25, 0.3) is 0 Å². The predicted octanol–water partition coefficient (Wildman–Crippen LogP) is 0.465. The second kappa shape index (κ2) is 7.38. The van der Waals surface area contributed by atoms with Crippen molar-refractivity contribution >= 4 is 31.6 Å². The van der Waals surface area contributed by atoms with E-state index in [4.69, 9.17) is 9.47 Å². The van der Waals surface area contributed by atoms with Crippen LogP contribution >= 0.6 is 0 Å². The summed E-state index contributed by atoms with van der Waals surface area (Å²) in [4.78, 5) is 12.0. The van der Waals surface area contributed by atoms with Crippen LogP contribution in [-0.4, -0.2) is 54.9 Å². The lowest BCUT2D eigenvalue weighted by Crippen LogP contribution is -2.33. The van der Waals surface area contributed by atoms with Crippen LogP contribution in [0.5, 0.6) is 5.75 Å². The molecule has 2 heterocycles. The number of sulfonamides is 2. The van der Waals surface area contributed by atoms with Crippen molar-refractivity contribution in [3.8, 4) is 5.75 Å². The minimum absolute atomic E-state index is 0.0253. The number of rotatable bonds is 6. The summed E-state index contributed by atoms with van der Waals surface area (Å²) < 4.78 is 63.7. The molecule has 2 aliphatic rings. The molecule has 9 nitrogen and oxygen atoms in total. The minimum Gasteiger partial charge on any atom is -0.495 e. The molecule has 11 heteroatoms. The maximum Gasteiger partial charge on any atom is 0.244 e. The Bertz CT molecular complexity index is 938. The normalized spacial score (nSPS) is 25.1. The Morgan fingerprint density at radius 3 is 2.67 bits per heavy atom. The van der Waals surface area contributed by atoms with Gasteiger partial charge in [0, 0.05) is 13.2 Å². The van der Waals surface area contributed by atoms with E-state index in [1.54, 1.807) is 0 Å². The van der Waals surface area contributed by atoms with Gasteiger partial charge in [-0.25, -0.2) is 25.9 Å². The third-order valence-electron chi connectivity index (χ3n) is 4.56. The van der Waals surface area contributed by atoms with Gasteiger partial charge in [-0.2, -0.15) is 0 Å². The van der Waals surface area contributed by atoms with Crippen molar-refractivity contribution < 1.29 is 31.1 Å². The molecule has 2 aliphatic heterocycles. The predicted molar refractivity (Wildman–Crippen MR) is 97.6 cm³/mol. The van der Waals surface area contributed by atoms with Crippen LogP contribution in [0.4, 0.5) is 5.69 Å². The highest BCUT2D eigenvalue weighted by molar-refractivity contribution is 7.94. The molecular formula is C16H22N2O7S2. The summed E-state index contributed by atoms with van der Waals surface area (Å²) in [5.41, 5.74) is -0.0253. The van der Waals surface area contributed by atoms with E-state index in [0.29, 0.717) is 10.9 Å². The number of methoxy groups -OCH3 is 1. The first kappa shape index (κ1) is 20.1. The lowest BCUT2D eigenvalue weighted by atomic mass is 10.2. The number of hydrogen-bond donors (Lipinski definition) is 1. The topological polar surface area (TPSA) is 119 Å². The Balaban J connectivity index is 1.95. The Morgan fingerprint density at radius 2 is 2.11 bits per heavy atom. The number of ether oxygens (including phenoxy) is 2. The van der Waals surface area contributed by atoms with E-state index in [-0.39, 0.29) is 34.7 Å². The van der Waals surface area contributed by atoms with Gasteiger partial charge in [0.05, 0.1) is 30.6 Å². The van der Waals surface area contributed by atoms with Crippen molar-refractivity contribution in [2.75, 3.05) is 30.3 Å². The smallest absolute Gasteiger partial charge is 0.244 e. The average molecular weight is 418 g/mol. The van der Waals surface area contributed by atoms with E-state index < -0.39 is 31.9 Å². The molecule has 0 aromatic heterocycles. The highest BCUT2D eigenvalue weighted by Crippen LogP contribution is 2.33. The van der Waals surface area contributed by atoms with Crippen molar-refractivity contribution in [1.29, 1.82) is 0 Å². The first-order valence-corrected chi connectivity index (χ1v) is 11.6. The summed E-state index contributed by atoms with van der Waals surface area (Å²) in [5.74, 6) is -1.53. The summed E-state index contributed by atoms with van der Waals surface area (Å²) in [7, 11) is -6.52. The molecule has 2 atom stereocenters. The first-order valence-electron chi connectivity index (χ1n) is 8.52. The van der Waals surface area contributed by atoms with Crippen LogP contribution in [0.25, 0.3) is 0 Å². The fourth-order valence-electron chi connectivity index (χ4n) is 3.17. The van der Waals surface area contributed by atoms with Crippen LogP contribution in [0.1, 0.15) is 19.8 Å². The van der Waals surface area contributed by atoms with E-state index in [9.17, 15) is 21.6 Å². The van der Waals surface area contributed by atoms with Crippen molar-refractivity contribution in [3.63, 3.8) is 0 Å². The van der Waals surface area contributed by atoms with Gasteiger partial charge in [-0.05, 0) is 31.0 Å². The van der Waals surface area contributed by atoms with Crippen LogP contribution in [-0.2, 0) is 29.6 Å². The van der Waals surface area contributed by atoms with Gasteiger partial charge in [0.15, 0.2) is 0 Å². The zero-order chi connectivity index (χ0) is 19.8. The highest BCUT2D eigenvalue weighted by Gasteiger charge is 2.42. The molecule has 3 rings (SSSR count). The molecule has 0 spiro atoms. The summed E-state index contributed by atoms with van der Waals surface area (Å²) in [6.07, 6.45) is 1.44. The molecule has 2 unspecified atom stereocenters. The quantitative estimate of drug-likeness (QED) is 0.713. The number of amides is 1. The number of nitrogens with zero attached hydrogens (tertiary/aromatic N) is 1. The molecule has 2 saturated heterocycles. The number of anilines is 1. The van der Waals surface area contributed by atoms with Crippen LogP contribution in [0.2, 0.25) is 0 Å². The molecular weight excluding hydrogens is 396 g/mol. The van der Waals surface area contributed by atoms with Gasteiger partial charge < -0.3 is 9.47 Å². The minimum atomic E-state index is -4.00. The second-order valence-corrected chi connectivity index (χ2v) is 10.2. The zero-order valence-electron chi connectivity index (χ0n) is 15.0. The Hall–Kier alpha value is -1.69. The fraction of sp³-hybridized carbons (Fsp3) is 0.562. The summed E-state index contributed by atoms with van der Waals surface area (Å²) in [5, 5.41) is 0. The second-order valence-electron chi connectivity index (χ2n) is 6.60. The van der Waals surface area contributed by atoms with Gasteiger partial charge in [0.2, 0.25) is 26.0 Å². The van der Waals surface area contributed by atoms with Gasteiger partial charge in [0.1, 0.15) is 10.6 Å². The van der Waals surface area contributed by atoms with E-state index in [1.165, 1.54) is 26.2 Å². The monoisotopic (exact) mass is 418 g/mol. The highest BCUT2D eigenvalue weighted by atomic mass is 32.2. The van der Waals surface area contributed by atoms with Gasteiger partial charge in [-0.15, -0.1) is 0 Å². The molecule has 1 aromatic rings. The Morgan fingerprint density at radius 1 is 1.37 bits per heavy atom. The molecule has 27 heavy (non-hydrogen) atoms. The number of benzene rings is 1. The summed E-state index contributed by atoms with van der Waals surface area (Å²) in [6, 6.07) is 3.83. The maximum absolute atomic E-state index is 12.7. The third-order valence-corrected chi connectivity index (χ3v) is 7.87. The number of hydrogen-bond acceptors (Lipinski definition) is 7. The van der Waals surface area contributed by atoms with Gasteiger partial charge in [-0.3, -0.25) is 4.79 Å². The molecule has 0 aliphatic carbocycles. The molecule has 2 fully saturated rings. The number of nitrogens with one attached hydrogen (secondary N) is 1. The standard InChI is InChI=1S/C16H22N2O7S2/c1-11-10-26(20,21)18(16(11)19)12-5-6-14(24-2)15(8-12)27(22,23)17-9-13-4-3-7-25-13/h5-6,8,11,13,17H,3-4,7,9-10H2,1-2H3. The first-order chi connectivity index (χ1) is 12.7. The fourth-order valence-corrected chi connectivity index (χ4v) is 6.24. The molecule has 150 valence electrons. The van der Waals surface area contributed by atoms with Crippen LogP contribution in [0.15, 0.2) is 23.1 Å². The van der Waals surface area contributed by atoms with Crippen LogP contribution in [0.3, 0.4) is 0 Å². The maximum atomic E-state index is 12.7. The Kier molecular flexibility index (Phi) is 5.48. The van der Waals surface area contributed by atoms with Crippen molar-refractivity contribution in [2.45, 2.75) is 30.8 Å². The van der Waals surface area contributed by atoms with Crippen molar-refractivity contribution in [1.82, 2.24) is 4.72 Å². The third kappa shape index (κ3) is 3.96. The molecule has 1 aromatic carbocycles. The summed E-state index contributed by atoms with van der Waals surface area (Å²) in [6.45, 7) is 2.22. The van der Waals surface area contributed by atoms with Crippen LogP contribution in [0, 0.1) is 5.92 Å². The number of carbonyl (C=O) groups is 1. The Labute approximate surface area is 158 Å². The van der Waals surface area contributed by atoms with Crippen LogP contribution < -0.4 is 13.8 Å². The van der Waals surface area contributed by atoms with Crippen molar-refractivity contribution in [2.24, 2.45) is 5.92 Å². The van der Waals surface area contributed by atoms with Gasteiger partial charge in [-0.1, -0.05) is 6.92 Å². The molecule has 0 saturated carbocycles. The molecule has 1 N–H and O–H groups in total. The molecule has 0 radical (unpaired) electrons. The van der Waals surface area contributed by atoms with E-state index in [0.717, 1.165) is 18.9 Å².